The Labute approximate surface area is 179 Å². The monoisotopic (exact) mass is 421 g/mol. The summed E-state index contributed by atoms with van der Waals surface area (Å²) in [4.78, 5) is 26.5. The third-order valence-corrected chi connectivity index (χ3v) is 5.05. The van der Waals surface area contributed by atoms with Gasteiger partial charge >= 0.3 is 12.1 Å². The number of ether oxygens (including phenoxy) is 3. The molecule has 1 aliphatic heterocycles. The van der Waals surface area contributed by atoms with E-state index < -0.39 is 29.1 Å². The van der Waals surface area contributed by atoms with Gasteiger partial charge in [0.1, 0.15) is 17.9 Å². The molecule has 1 aromatic carbocycles. The lowest BCUT2D eigenvalue weighted by molar-refractivity contribution is -0.146. The number of carbonyl (C=O) groups excluding carboxylic acids is 2. The number of esters is 1. The van der Waals surface area contributed by atoms with Crippen molar-refractivity contribution >= 4 is 12.1 Å². The Bertz CT molecular complexity index is 765. The molecule has 7 heteroatoms. The molecule has 168 valence electrons. The number of aliphatic hydroxyl groups is 1. The zero-order valence-corrected chi connectivity index (χ0v) is 19.3. The summed E-state index contributed by atoms with van der Waals surface area (Å²) in [7, 11) is 0. The van der Waals surface area contributed by atoms with Gasteiger partial charge in [0.15, 0.2) is 5.72 Å². The summed E-state index contributed by atoms with van der Waals surface area (Å²) in [5.41, 5.74) is -2.19. The van der Waals surface area contributed by atoms with Crippen molar-refractivity contribution in [3.8, 4) is 0 Å². The van der Waals surface area contributed by atoms with E-state index in [0.717, 1.165) is 5.56 Å². The maximum absolute atomic E-state index is 12.9. The summed E-state index contributed by atoms with van der Waals surface area (Å²) in [6.45, 7) is 14.6. The van der Waals surface area contributed by atoms with E-state index in [1.807, 2.05) is 13.8 Å². The Balaban J connectivity index is 2.39. The minimum Gasteiger partial charge on any atom is -0.466 e. The summed E-state index contributed by atoms with van der Waals surface area (Å²) in [5.74, 6) is -0.642. The van der Waals surface area contributed by atoms with Gasteiger partial charge in [-0.15, -0.1) is 0 Å². The highest BCUT2D eigenvalue weighted by Gasteiger charge is 2.56. The van der Waals surface area contributed by atoms with Gasteiger partial charge in [-0.05, 0) is 53.0 Å². The Morgan fingerprint density at radius 2 is 1.77 bits per heavy atom. The number of hydrogen-bond donors (Lipinski definition) is 1. The molecule has 30 heavy (non-hydrogen) atoms. The minimum atomic E-state index is -1.69. The Kier molecular flexibility index (Phi) is 6.89. The first-order valence-electron chi connectivity index (χ1n) is 10.4. The molecule has 1 N–H and O–H groups in total. The fourth-order valence-corrected chi connectivity index (χ4v) is 3.73. The first-order chi connectivity index (χ1) is 13.7. The molecule has 1 fully saturated rings. The topological polar surface area (TPSA) is 85.3 Å². The zero-order chi connectivity index (χ0) is 22.9. The van der Waals surface area contributed by atoms with Gasteiger partial charge in [-0.25, -0.2) is 9.69 Å². The van der Waals surface area contributed by atoms with Crippen LogP contribution in [0.1, 0.15) is 72.4 Å². The van der Waals surface area contributed by atoms with Crippen LogP contribution < -0.4 is 0 Å². The van der Waals surface area contributed by atoms with Crippen molar-refractivity contribution in [1.29, 1.82) is 0 Å². The Morgan fingerprint density at radius 1 is 1.20 bits per heavy atom. The molecular weight excluding hydrogens is 386 g/mol. The van der Waals surface area contributed by atoms with Gasteiger partial charge in [0.05, 0.1) is 12.5 Å². The summed E-state index contributed by atoms with van der Waals surface area (Å²) in [6, 6.07) is 7.00. The number of amides is 1. The van der Waals surface area contributed by atoms with Crippen molar-refractivity contribution in [3.05, 3.63) is 35.4 Å². The van der Waals surface area contributed by atoms with E-state index >= 15 is 0 Å². The van der Waals surface area contributed by atoms with Gasteiger partial charge in [-0.2, -0.15) is 0 Å². The summed E-state index contributed by atoms with van der Waals surface area (Å²) < 4.78 is 16.5. The Morgan fingerprint density at radius 3 is 2.23 bits per heavy atom. The lowest BCUT2D eigenvalue weighted by Gasteiger charge is -2.39. The van der Waals surface area contributed by atoms with Crippen LogP contribution in [0.4, 0.5) is 4.79 Å². The first-order valence-corrected chi connectivity index (χ1v) is 10.4. The summed E-state index contributed by atoms with van der Waals surface area (Å²) in [5, 5.41) is 11.5. The quantitative estimate of drug-likeness (QED) is 0.720. The molecule has 0 aromatic heterocycles. The van der Waals surface area contributed by atoms with Gasteiger partial charge in [0.25, 0.3) is 0 Å². The maximum Gasteiger partial charge on any atom is 0.415 e. The van der Waals surface area contributed by atoms with Crippen molar-refractivity contribution in [2.24, 2.45) is 5.92 Å². The highest BCUT2D eigenvalue weighted by atomic mass is 16.6. The lowest BCUT2D eigenvalue weighted by Crippen LogP contribution is -2.55. The van der Waals surface area contributed by atoms with Crippen LogP contribution in [0.2, 0.25) is 0 Å². The number of hydrogen-bond acceptors (Lipinski definition) is 6. The molecule has 1 amide bonds. The van der Waals surface area contributed by atoms with Gasteiger partial charge in [-0.1, -0.05) is 38.1 Å². The second-order valence-corrected chi connectivity index (χ2v) is 9.46. The smallest absolute Gasteiger partial charge is 0.415 e. The molecule has 1 unspecified atom stereocenters. The molecule has 0 aliphatic carbocycles. The number of carbonyl (C=O) groups is 2. The fourth-order valence-electron chi connectivity index (χ4n) is 3.73. The molecule has 0 radical (unpaired) electrons. The van der Waals surface area contributed by atoms with Gasteiger partial charge in [0.2, 0.25) is 0 Å². The highest BCUT2D eigenvalue weighted by molar-refractivity contribution is 5.78. The summed E-state index contributed by atoms with van der Waals surface area (Å²) in [6.07, 6.45) is -0.664. The van der Waals surface area contributed by atoms with E-state index in [1.54, 1.807) is 65.8 Å². The van der Waals surface area contributed by atoms with E-state index in [2.05, 4.69) is 0 Å². The van der Waals surface area contributed by atoms with Gasteiger partial charge in [0, 0.05) is 5.56 Å². The largest absolute Gasteiger partial charge is 0.466 e. The number of benzene rings is 1. The number of nitrogens with zero attached hydrogens (tertiary/aromatic N) is 1. The van der Waals surface area contributed by atoms with Crippen LogP contribution in [-0.2, 0) is 24.7 Å². The Hall–Kier alpha value is -2.12. The number of rotatable bonds is 5. The van der Waals surface area contributed by atoms with E-state index in [4.69, 9.17) is 14.2 Å². The van der Waals surface area contributed by atoms with Crippen LogP contribution in [-0.4, -0.2) is 46.6 Å². The molecule has 1 aliphatic rings. The molecule has 0 bridgehead atoms. The average molecular weight is 422 g/mol. The van der Waals surface area contributed by atoms with Crippen LogP contribution in [0, 0.1) is 5.92 Å². The molecule has 7 nitrogen and oxygen atoms in total. The van der Waals surface area contributed by atoms with Crippen molar-refractivity contribution in [2.45, 2.75) is 78.4 Å². The van der Waals surface area contributed by atoms with Crippen molar-refractivity contribution in [1.82, 2.24) is 4.90 Å². The first kappa shape index (κ1) is 24.2. The molecule has 2 atom stereocenters. The second kappa shape index (κ2) is 8.55. The predicted molar refractivity (Wildman–Crippen MR) is 113 cm³/mol. The highest BCUT2D eigenvalue weighted by Crippen LogP contribution is 2.41. The molecular formula is C23H35NO6. The zero-order valence-electron chi connectivity index (χ0n) is 19.3. The van der Waals surface area contributed by atoms with Crippen molar-refractivity contribution < 1.29 is 28.9 Å². The van der Waals surface area contributed by atoms with Gasteiger partial charge < -0.3 is 19.3 Å². The second-order valence-electron chi connectivity index (χ2n) is 9.46. The SMILES string of the molecule is CCOC(=O)C(c1ccc([C@]2(O)COC(C)(C)N2C(=O)OC(C)(C)C)cc1)C(C)C. The fraction of sp³-hybridized carbons (Fsp3) is 0.652. The van der Waals surface area contributed by atoms with Crippen LogP contribution in [0.5, 0.6) is 0 Å². The van der Waals surface area contributed by atoms with Crippen LogP contribution in [0.3, 0.4) is 0 Å². The van der Waals surface area contributed by atoms with Crippen LogP contribution in [0.25, 0.3) is 0 Å². The molecule has 0 spiro atoms. The average Bonchev–Trinajstić information content (AvgIpc) is 2.84. The standard InChI is InChI=1S/C23H35NO6/c1-9-28-19(25)18(15(2)3)16-10-12-17(13-11-16)23(27)14-29-22(7,8)24(23)20(26)30-21(4,5)6/h10-13,15,18,27H,9,14H2,1-8H3/t18?,23-/m1/s1. The molecule has 2 rings (SSSR count). The van der Waals surface area contributed by atoms with E-state index in [0.29, 0.717) is 12.2 Å². The van der Waals surface area contributed by atoms with E-state index in [9.17, 15) is 14.7 Å². The van der Waals surface area contributed by atoms with Gasteiger partial charge in [-0.3, -0.25) is 4.79 Å². The van der Waals surface area contributed by atoms with Crippen molar-refractivity contribution in [2.75, 3.05) is 13.2 Å². The summed E-state index contributed by atoms with van der Waals surface area (Å²) >= 11 is 0. The normalized spacial score (nSPS) is 22.1. The van der Waals surface area contributed by atoms with Crippen LogP contribution >= 0.6 is 0 Å². The third-order valence-electron chi connectivity index (χ3n) is 5.05. The lowest BCUT2D eigenvalue weighted by atomic mass is 9.87. The molecule has 1 aromatic rings. The van der Waals surface area contributed by atoms with E-state index in [-0.39, 0.29) is 18.5 Å². The maximum atomic E-state index is 12.9. The predicted octanol–water partition coefficient (Wildman–Crippen LogP) is 4.14. The van der Waals surface area contributed by atoms with E-state index in [1.165, 1.54) is 4.90 Å². The van der Waals surface area contributed by atoms with Crippen LogP contribution in [0.15, 0.2) is 24.3 Å². The third kappa shape index (κ3) is 4.95. The van der Waals surface area contributed by atoms with Crippen molar-refractivity contribution in [3.63, 3.8) is 0 Å². The molecule has 0 saturated carbocycles. The minimum absolute atomic E-state index is 0.0463. The molecule has 1 saturated heterocycles. The molecule has 1 heterocycles.